The Bertz CT molecular complexity index is 480. The first-order chi connectivity index (χ1) is 9.25. The van der Waals surface area contributed by atoms with E-state index in [4.69, 9.17) is 9.15 Å². The molecule has 1 N–H and O–H groups in total. The molecule has 0 radical (unpaired) electrons. The second-order valence-corrected chi connectivity index (χ2v) is 4.87. The first kappa shape index (κ1) is 13.6. The largest absolute Gasteiger partial charge is 0.487 e. The third kappa shape index (κ3) is 4.41. The molecule has 0 spiro atoms. The second-order valence-electron chi connectivity index (χ2n) is 4.87. The number of rotatable bonds is 7. The molecular weight excluding hydrogens is 240 g/mol. The minimum Gasteiger partial charge on any atom is -0.487 e. The molecule has 2 aromatic rings. The summed E-state index contributed by atoms with van der Waals surface area (Å²) in [6.07, 6.45) is 5.14. The summed E-state index contributed by atoms with van der Waals surface area (Å²) in [7, 11) is 0. The van der Waals surface area contributed by atoms with Crippen molar-refractivity contribution in [3.05, 3.63) is 48.2 Å². The van der Waals surface area contributed by atoms with Gasteiger partial charge in [0.15, 0.2) is 0 Å². The van der Waals surface area contributed by atoms with E-state index in [0.29, 0.717) is 12.5 Å². The minimum atomic E-state index is 0.501. The number of hydrogen-bond donors (Lipinski definition) is 1. The number of nitrogens with one attached hydrogen (secondary N) is 1. The Balaban J connectivity index is 1.85. The van der Waals surface area contributed by atoms with Crippen LogP contribution in [0.2, 0.25) is 0 Å². The zero-order chi connectivity index (χ0) is 13.5. The lowest BCUT2D eigenvalue weighted by molar-refractivity contribution is 0.300. The van der Waals surface area contributed by atoms with E-state index in [1.165, 1.54) is 0 Å². The van der Waals surface area contributed by atoms with E-state index in [2.05, 4.69) is 24.1 Å². The van der Waals surface area contributed by atoms with E-state index in [0.717, 1.165) is 30.2 Å². The molecule has 0 fully saturated rings. The number of ether oxygens (including phenoxy) is 1. The van der Waals surface area contributed by atoms with Crippen LogP contribution in [0.25, 0.3) is 0 Å². The summed E-state index contributed by atoms with van der Waals surface area (Å²) in [6.45, 7) is 6.57. The van der Waals surface area contributed by atoms with Crippen LogP contribution in [0.15, 0.2) is 41.3 Å². The highest BCUT2D eigenvalue weighted by molar-refractivity contribution is 5.19. The van der Waals surface area contributed by atoms with Gasteiger partial charge in [0, 0.05) is 11.8 Å². The van der Waals surface area contributed by atoms with Crippen LogP contribution < -0.4 is 10.1 Å². The molecule has 0 amide bonds. The van der Waals surface area contributed by atoms with Gasteiger partial charge in [0.25, 0.3) is 0 Å². The Morgan fingerprint density at radius 3 is 3.00 bits per heavy atom. The average molecular weight is 260 g/mol. The SMILES string of the molecule is CC(C)CNCc1occc1COc1cccnc1. The fourth-order valence-corrected chi connectivity index (χ4v) is 1.72. The van der Waals surface area contributed by atoms with E-state index in [9.17, 15) is 0 Å². The maximum Gasteiger partial charge on any atom is 0.138 e. The smallest absolute Gasteiger partial charge is 0.138 e. The van der Waals surface area contributed by atoms with Gasteiger partial charge in [-0.3, -0.25) is 4.98 Å². The number of nitrogens with zero attached hydrogens (tertiary/aromatic N) is 1. The van der Waals surface area contributed by atoms with Gasteiger partial charge in [-0.25, -0.2) is 0 Å². The highest BCUT2D eigenvalue weighted by Gasteiger charge is 2.07. The van der Waals surface area contributed by atoms with Crippen molar-refractivity contribution < 1.29 is 9.15 Å². The van der Waals surface area contributed by atoms with Crippen molar-refractivity contribution in [2.75, 3.05) is 6.54 Å². The van der Waals surface area contributed by atoms with E-state index in [-0.39, 0.29) is 0 Å². The zero-order valence-electron chi connectivity index (χ0n) is 11.4. The molecule has 0 aliphatic rings. The van der Waals surface area contributed by atoms with Crippen molar-refractivity contribution in [3.63, 3.8) is 0 Å². The van der Waals surface area contributed by atoms with Crippen molar-refractivity contribution in [1.29, 1.82) is 0 Å². The normalized spacial score (nSPS) is 10.9. The molecular formula is C15H20N2O2. The number of pyridine rings is 1. The van der Waals surface area contributed by atoms with Crippen LogP contribution in [-0.4, -0.2) is 11.5 Å². The minimum absolute atomic E-state index is 0.501. The maximum absolute atomic E-state index is 5.67. The fraction of sp³-hybridized carbons (Fsp3) is 0.400. The van der Waals surface area contributed by atoms with Gasteiger partial charge >= 0.3 is 0 Å². The van der Waals surface area contributed by atoms with Gasteiger partial charge in [0.2, 0.25) is 0 Å². The first-order valence-electron chi connectivity index (χ1n) is 6.54. The Morgan fingerprint density at radius 1 is 1.37 bits per heavy atom. The van der Waals surface area contributed by atoms with E-state index >= 15 is 0 Å². The van der Waals surface area contributed by atoms with Crippen LogP contribution >= 0.6 is 0 Å². The van der Waals surface area contributed by atoms with Crippen LogP contribution in [0.4, 0.5) is 0 Å². The van der Waals surface area contributed by atoms with E-state index < -0.39 is 0 Å². The van der Waals surface area contributed by atoms with Crippen molar-refractivity contribution in [2.45, 2.75) is 27.0 Å². The lowest BCUT2D eigenvalue weighted by Crippen LogP contribution is -2.19. The second kappa shape index (κ2) is 6.95. The summed E-state index contributed by atoms with van der Waals surface area (Å²) >= 11 is 0. The molecule has 102 valence electrons. The Kier molecular flexibility index (Phi) is 4.98. The molecule has 0 aliphatic heterocycles. The summed E-state index contributed by atoms with van der Waals surface area (Å²) in [5, 5.41) is 3.36. The number of hydrogen-bond acceptors (Lipinski definition) is 4. The predicted molar refractivity (Wildman–Crippen MR) is 73.8 cm³/mol. The summed E-state index contributed by atoms with van der Waals surface area (Å²) in [5.74, 6) is 2.33. The molecule has 19 heavy (non-hydrogen) atoms. The molecule has 0 saturated heterocycles. The van der Waals surface area contributed by atoms with Crippen molar-refractivity contribution in [1.82, 2.24) is 10.3 Å². The van der Waals surface area contributed by atoms with Crippen LogP contribution in [0.5, 0.6) is 5.75 Å². The molecule has 2 aromatic heterocycles. The standard InChI is InChI=1S/C15H20N2O2/c1-12(2)8-17-10-15-13(5-7-18-15)11-19-14-4-3-6-16-9-14/h3-7,9,12,17H,8,10-11H2,1-2H3. The molecule has 2 rings (SSSR count). The molecule has 4 nitrogen and oxygen atoms in total. The van der Waals surface area contributed by atoms with E-state index in [1.807, 2.05) is 18.2 Å². The van der Waals surface area contributed by atoms with Gasteiger partial charge in [0.1, 0.15) is 18.1 Å². The van der Waals surface area contributed by atoms with E-state index in [1.54, 1.807) is 18.7 Å². The van der Waals surface area contributed by atoms with Crippen molar-refractivity contribution >= 4 is 0 Å². The molecule has 0 aromatic carbocycles. The van der Waals surface area contributed by atoms with Gasteiger partial charge in [-0.05, 0) is 30.7 Å². The third-order valence-electron chi connectivity index (χ3n) is 2.70. The molecule has 0 bridgehead atoms. The Labute approximate surface area is 113 Å². The topological polar surface area (TPSA) is 47.3 Å². The van der Waals surface area contributed by atoms with Crippen LogP contribution in [0, 0.1) is 5.92 Å². The van der Waals surface area contributed by atoms with Gasteiger partial charge in [-0.1, -0.05) is 13.8 Å². The number of aromatic nitrogens is 1. The lowest BCUT2D eigenvalue weighted by atomic mass is 10.2. The summed E-state index contributed by atoms with van der Waals surface area (Å²) in [4.78, 5) is 4.02. The molecule has 0 aliphatic carbocycles. The third-order valence-corrected chi connectivity index (χ3v) is 2.70. The van der Waals surface area contributed by atoms with Crippen LogP contribution in [-0.2, 0) is 13.2 Å². The predicted octanol–water partition coefficient (Wildman–Crippen LogP) is 3.00. The first-order valence-corrected chi connectivity index (χ1v) is 6.54. The Hall–Kier alpha value is -1.81. The van der Waals surface area contributed by atoms with Crippen LogP contribution in [0.1, 0.15) is 25.2 Å². The lowest BCUT2D eigenvalue weighted by Gasteiger charge is -2.08. The zero-order valence-corrected chi connectivity index (χ0v) is 11.4. The summed E-state index contributed by atoms with van der Waals surface area (Å²) < 4.78 is 11.1. The molecule has 0 atom stereocenters. The van der Waals surface area contributed by atoms with Gasteiger partial charge in [-0.2, -0.15) is 0 Å². The molecule has 0 saturated carbocycles. The summed E-state index contributed by atoms with van der Waals surface area (Å²) in [5.41, 5.74) is 1.07. The number of furan rings is 1. The van der Waals surface area contributed by atoms with Crippen molar-refractivity contribution in [2.24, 2.45) is 5.92 Å². The van der Waals surface area contributed by atoms with Crippen LogP contribution in [0.3, 0.4) is 0 Å². The van der Waals surface area contributed by atoms with Gasteiger partial charge in [0.05, 0.1) is 19.0 Å². The van der Waals surface area contributed by atoms with Gasteiger partial charge < -0.3 is 14.5 Å². The van der Waals surface area contributed by atoms with Gasteiger partial charge in [-0.15, -0.1) is 0 Å². The fourth-order valence-electron chi connectivity index (χ4n) is 1.72. The quantitative estimate of drug-likeness (QED) is 0.831. The molecule has 0 unspecified atom stereocenters. The summed E-state index contributed by atoms with van der Waals surface area (Å²) in [6, 6.07) is 5.70. The molecule has 2 heterocycles. The molecule has 4 heteroatoms. The highest BCUT2D eigenvalue weighted by atomic mass is 16.5. The van der Waals surface area contributed by atoms with Crippen molar-refractivity contribution in [3.8, 4) is 5.75 Å². The maximum atomic E-state index is 5.67. The average Bonchev–Trinajstić information content (AvgIpc) is 2.85. The Morgan fingerprint density at radius 2 is 2.26 bits per heavy atom. The monoisotopic (exact) mass is 260 g/mol. The highest BCUT2D eigenvalue weighted by Crippen LogP contribution is 2.15.